The molecule has 0 aliphatic carbocycles. The van der Waals surface area contributed by atoms with Crippen molar-refractivity contribution in [2.75, 3.05) is 11.9 Å². The summed E-state index contributed by atoms with van der Waals surface area (Å²) in [6.07, 6.45) is -0.902. The standard InChI is InChI=1S/C21H21F2N3O4/c1-21(2,3)30-20(29)25-12-16(13-8-5-4-6-9-13)26(19(25)28)18(27)24-15-11-7-10-14(22)17(15)23/h4-11,16H,12H2,1-3H3,(H,24,27)/t16-/m1/s1. The highest BCUT2D eigenvalue weighted by Gasteiger charge is 2.46. The summed E-state index contributed by atoms with van der Waals surface area (Å²) in [5.74, 6) is -2.40. The molecule has 3 rings (SSSR count). The summed E-state index contributed by atoms with van der Waals surface area (Å²) in [6.45, 7) is 4.81. The number of rotatable bonds is 2. The molecule has 0 saturated carbocycles. The van der Waals surface area contributed by atoms with Gasteiger partial charge >= 0.3 is 18.2 Å². The lowest BCUT2D eigenvalue weighted by atomic mass is 10.1. The van der Waals surface area contributed by atoms with Crippen molar-refractivity contribution >= 4 is 23.8 Å². The Hall–Kier alpha value is -3.49. The van der Waals surface area contributed by atoms with Crippen molar-refractivity contribution in [1.29, 1.82) is 0 Å². The van der Waals surface area contributed by atoms with Gasteiger partial charge in [0.1, 0.15) is 5.60 Å². The molecule has 0 radical (unpaired) electrons. The number of hydrogen-bond acceptors (Lipinski definition) is 4. The SMILES string of the molecule is CC(C)(C)OC(=O)N1C[C@H](c2ccccc2)N(C(=O)Nc2cccc(F)c2F)C1=O. The van der Waals surface area contributed by atoms with Crippen LogP contribution in [0, 0.1) is 11.6 Å². The van der Waals surface area contributed by atoms with Gasteiger partial charge in [-0.2, -0.15) is 0 Å². The van der Waals surface area contributed by atoms with Gasteiger partial charge in [-0.25, -0.2) is 33.0 Å². The van der Waals surface area contributed by atoms with Crippen LogP contribution in [0.1, 0.15) is 32.4 Å². The Morgan fingerprint density at radius 1 is 1.07 bits per heavy atom. The Bertz CT molecular complexity index is 976. The van der Waals surface area contributed by atoms with E-state index in [1.165, 1.54) is 12.1 Å². The van der Waals surface area contributed by atoms with Crippen molar-refractivity contribution in [2.45, 2.75) is 32.4 Å². The van der Waals surface area contributed by atoms with Gasteiger partial charge in [0.05, 0.1) is 18.3 Å². The first-order valence-electron chi connectivity index (χ1n) is 9.22. The van der Waals surface area contributed by atoms with Crippen LogP contribution >= 0.6 is 0 Å². The van der Waals surface area contributed by atoms with Crippen LogP contribution < -0.4 is 5.32 Å². The van der Waals surface area contributed by atoms with E-state index >= 15 is 0 Å². The zero-order valence-corrected chi connectivity index (χ0v) is 16.7. The summed E-state index contributed by atoms with van der Waals surface area (Å²) >= 11 is 0. The molecule has 7 nitrogen and oxygen atoms in total. The zero-order chi connectivity index (χ0) is 22.1. The Morgan fingerprint density at radius 2 is 1.73 bits per heavy atom. The molecule has 9 heteroatoms. The minimum absolute atomic E-state index is 0.142. The molecular weight excluding hydrogens is 396 g/mol. The van der Waals surface area contributed by atoms with Crippen molar-refractivity contribution in [1.82, 2.24) is 9.80 Å². The van der Waals surface area contributed by atoms with Gasteiger partial charge in [-0.05, 0) is 38.5 Å². The zero-order valence-electron chi connectivity index (χ0n) is 16.7. The van der Waals surface area contributed by atoms with Gasteiger partial charge in [0.25, 0.3) is 0 Å². The second-order valence-corrected chi connectivity index (χ2v) is 7.70. The minimum atomic E-state index is -1.25. The number of ether oxygens (including phenoxy) is 1. The van der Waals surface area contributed by atoms with E-state index in [0.29, 0.717) is 5.56 Å². The molecule has 2 aromatic rings. The lowest BCUT2D eigenvalue weighted by Gasteiger charge is -2.23. The van der Waals surface area contributed by atoms with E-state index in [4.69, 9.17) is 4.74 Å². The van der Waals surface area contributed by atoms with E-state index in [9.17, 15) is 23.2 Å². The van der Waals surface area contributed by atoms with Crippen molar-refractivity contribution in [3.8, 4) is 0 Å². The topological polar surface area (TPSA) is 79.0 Å². The lowest BCUT2D eigenvalue weighted by molar-refractivity contribution is 0.0347. The average molecular weight is 417 g/mol. The number of anilines is 1. The molecule has 1 aliphatic heterocycles. The normalized spacial score (nSPS) is 16.6. The second-order valence-electron chi connectivity index (χ2n) is 7.70. The van der Waals surface area contributed by atoms with Gasteiger partial charge in [0.2, 0.25) is 0 Å². The van der Waals surface area contributed by atoms with E-state index in [0.717, 1.165) is 15.9 Å². The van der Waals surface area contributed by atoms with Crippen LogP contribution in [0.25, 0.3) is 0 Å². The number of halogens is 2. The third-order valence-electron chi connectivity index (χ3n) is 4.31. The number of urea groups is 2. The quantitative estimate of drug-likeness (QED) is 0.753. The number of nitrogens with zero attached hydrogens (tertiary/aromatic N) is 2. The monoisotopic (exact) mass is 417 g/mol. The maximum absolute atomic E-state index is 14.0. The summed E-state index contributed by atoms with van der Waals surface area (Å²) in [7, 11) is 0. The van der Waals surface area contributed by atoms with E-state index < -0.39 is 47.1 Å². The highest BCUT2D eigenvalue weighted by Crippen LogP contribution is 2.31. The fourth-order valence-corrected chi connectivity index (χ4v) is 3.00. The molecule has 5 amide bonds. The van der Waals surface area contributed by atoms with Crippen molar-refractivity contribution < 1.29 is 27.9 Å². The second kappa shape index (κ2) is 8.10. The average Bonchev–Trinajstić information content (AvgIpc) is 3.02. The Labute approximate surface area is 172 Å². The molecule has 0 aromatic heterocycles. The molecule has 30 heavy (non-hydrogen) atoms. The number of carbonyl (C=O) groups is 3. The fourth-order valence-electron chi connectivity index (χ4n) is 3.00. The molecule has 1 N–H and O–H groups in total. The Kier molecular flexibility index (Phi) is 5.73. The molecule has 1 saturated heterocycles. The van der Waals surface area contributed by atoms with Crippen LogP contribution in [0.2, 0.25) is 0 Å². The fraction of sp³-hybridized carbons (Fsp3) is 0.286. The lowest BCUT2D eigenvalue weighted by Crippen LogP contribution is -2.43. The van der Waals surface area contributed by atoms with Crippen LogP contribution in [0.15, 0.2) is 48.5 Å². The van der Waals surface area contributed by atoms with E-state index in [-0.39, 0.29) is 6.54 Å². The van der Waals surface area contributed by atoms with E-state index in [1.54, 1.807) is 51.1 Å². The number of imide groups is 2. The van der Waals surface area contributed by atoms with Gasteiger partial charge in [0, 0.05) is 0 Å². The third kappa shape index (κ3) is 4.40. The number of nitrogens with one attached hydrogen (secondary N) is 1. The first kappa shape index (κ1) is 21.2. The molecule has 1 aliphatic rings. The third-order valence-corrected chi connectivity index (χ3v) is 4.31. The van der Waals surface area contributed by atoms with Crippen molar-refractivity contribution in [2.24, 2.45) is 0 Å². The Morgan fingerprint density at radius 3 is 2.37 bits per heavy atom. The van der Waals surface area contributed by atoms with Crippen LogP contribution in [-0.2, 0) is 4.74 Å². The van der Waals surface area contributed by atoms with Gasteiger partial charge in [-0.1, -0.05) is 36.4 Å². The minimum Gasteiger partial charge on any atom is -0.443 e. The molecule has 2 aromatic carbocycles. The predicted molar refractivity (Wildman–Crippen MR) is 105 cm³/mol. The molecule has 1 heterocycles. The largest absolute Gasteiger partial charge is 0.443 e. The molecule has 1 fully saturated rings. The molecular formula is C21H21F2N3O4. The molecule has 0 bridgehead atoms. The van der Waals surface area contributed by atoms with Crippen LogP contribution in [0.4, 0.5) is 28.9 Å². The van der Waals surface area contributed by atoms with Crippen molar-refractivity contribution in [3.05, 3.63) is 65.7 Å². The summed E-state index contributed by atoms with van der Waals surface area (Å²) in [5, 5.41) is 2.20. The first-order valence-corrected chi connectivity index (χ1v) is 9.22. The van der Waals surface area contributed by atoms with Crippen LogP contribution in [0.3, 0.4) is 0 Å². The first-order chi connectivity index (χ1) is 14.1. The summed E-state index contributed by atoms with van der Waals surface area (Å²) in [4.78, 5) is 39.9. The van der Waals surface area contributed by atoms with Crippen molar-refractivity contribution in [3.63, 3.8) is 0 Å². The molecule has 1 atom stereocenters. The highest BCUT2D eigenvalue weighted by molar-refractivity contribution is 6.06. The predicted octanol–water partition coefficient (Wildman–Crippen LogP) is 4.91. The number of carbonyl (C=O) groups excluding carboxylic acids is 3. The van der Waals surface area contributed by atoms with Gasteiger partial charge < -0.3 is 10.1 Å². The number of hydrogen-bond donors (Lipinski definition) is 1. The Balaban J connectivity index is 1.92. The highest BCUT2D eigenvalue weighted by atomic mass is 19.2. The summed E-state index contributed by atoms with van der Waals surface area (Å²) in [5.41, 5.74) is -0.679. The molecule has 158 valence electrons. The smallest absolute Gasteiger partial charge is 0.418 e. The van der Waals surface area contributed by atoms with Crippen LogP contribution in [0.5, 0.6) is 0 Å². The summed E-state index contributed by atoms with van der Waals surface area (Å²) < 4.78 is 32.7. The maximum atomic E-state index is 14.0. The summed E-state index contributed by atoms with van der Waals surface area (Å²) in [6, 6.07) is 9.14. The van der Waals surface area contributed by atoms with Crippen LogP contribution in [-0.4, -0.2) is 40.1 Å². The van der Waals surface area contributed by atoms with E-state index in [1.807, 2.05) is 0 Å². The number of amides is 5. The van der Waals surface area contributed by atoms with Gasteiger partial charge in [0.15, 0.2) is 11.6 Å². The molecule has 0 unspecified atom stereocenters. The van der Waals surface area contributed by atoms with Gasteiger partial charge in [-0.3, -0.25) is 0 Å². The van der Waals surface area contributed by atoms with E-state index in [2.05, 4.69) is 5.32 Å². The maximum Gasteiger partial charge on any atom is 0.418 e. The number of benzene rings is 2. The molecule has 0 spiro atoms. The van der Waals surface area contributed by atoms with Gasteiger partial charge in [-0.15, -0.1) is 0 Å².